The molecular formula is C19H25N3O2. The fourth-order valence-electron chi connectivity index (χ4n) is 3.45. The number of carbonyl (C=O) groups excluding carboxylic acids is 1. The Labute approximate surface area is 142 Å². The van der Waals surface area contributed by atoms with Gasteiger partial charge in [-0.05, 0) is 25.0 Å². The van der Waals surface area contributed by atoms with E-state index in [0.717, 1.165) is 18.4 Å². The number of carbonyl (C=O) groups is 1. The topological polar surface area (TPSA) is 64.0 Å². The number of aryl methyl sites for hydroxylation is 1. The van der Waals surface area contributed by atoms with Gasteiger partial charge in [0.2, 0.25) is 11.3 Å². The number of fused-ring (bicyclic) bond motifs is 1. The van der Waals surface area contributed by atoms with E-state index in [1.165, 1.54) is 38.3 Å². The van der Waals surface area contributed by atoms with Crippen molar-refractivity contribution in [1.82, 2.24) is 15.1 Å². The number of benzene rings is 1. The van der Waals surface area contributed by atoms with Crippen LogP contribution in [0.4, 0.5) is 0 Å². The largest absolute Gasteiger partial charge is 0.353 e. The summed E-state index contributed by atoms with van der Waals surface area (Å²) in [7, 11) is 0. The minimum absolute atomic E-state index is 0.0742. The van der Waals surface area contributed by atoms with Gasteiger partial charge in [0.15, 0.2) is 0 Å². The van der Waals surface area contributed by atoms with Gasteiger partial charge in [0.05, 0.1) is 18.3 Å². The van der Waals surface area contributed by atoms with Crippen molar-refractivity contribution in [3.8, 4) is 0 Å². The number of nitrogens with zero attached hydrogens (tertiary/aromatic N) is 2. The van der Waals surface area contributed by atoms with Crippen molar-refractivity contribution in [3.63, 3.8) is 0 Å². The average molecular weight is 327 g/mol. The molecule has 24 heavy (non-hydrogen) atoms. The molecule has 5 heteroatoms. The molecule has 0 aliphatic heterocycles. The van der Waals surface area contributed by atoms with Gasteiger partial charge in [-0.2, -0.15) is 5.10 Å². The maximum absolute atomic E-state index is 12.3. The molecule has 0 radical (unpaired) electrons. The van der Waals surface area contributed by atoms with E-state index in [1.807, 2.05) is 18.2 Å². The van der Waals surface area contributed by atoms with Crippen molar-refractivity contribution in [2.45, 2.75) is 64.0 Å². The van der Waals surface area contributed by atoms with E-state index in [1.54, 1.807) is 10.7 Å². The number of amides is 1. The number of nitrogens with one attached hydrogen (secondary N) is 1. The van der Waals surface area contributed by atoms with Crippen molar-refractivity contribution >= 4 is 16.8 Å². The highest BCUT2D eigenvalue weighted by atomic mass is 16.1. The van der Waals surface area contributed by atoms with E-state index in [9.17, 15) is 9.59 Å². The SMILES string of the molecule is O=C(CCn1ncc(=O)c2ccccc21)NC1CCCCCCC1. The molecule has 1 N–H and O–H groups in total. The molecule has 128 valence electrons. The Morgan fingerprint density at radius 1 is 1.12 bits per heavy atom. The Morgan fingerprint density at radius 2 is 1.83 bits per heavy atom. The smallest absolute Gasteiger partial charge is 0.222 e. The summed E-state index contributed by atoms with van der Waals surface area (Å²) in [6.07, 6.45) is 10.2. The Bertz CT molecular complexity index is 746. The maximum atomic E-state index is 12.3. The van der Waals surface area contributed by atoms with Crippen LogP contribution in [0.15, 0.2) is 35.3 Å². The third kappa shape index (κ3) is 4.22. The van der Waals surface area contributed by atoms with E-state index >= 15 is 0 Å². The van der Waals surface area contributed by atoms with Crippen molar-refractivity contribution < 1.29 is 4.79 Å². The fourth-order valence-corrected chi connectivity index (χ4v) is 3.45. The molecular weight excluding hydrogens is 302 g/mol. The second-order valence-corrected chi connectivity index (χ2v) is 6.61. The molecule has 2 aromatic rings. The van der Waals surface area contributed by atoms with Crippen LogP contribution in [0, 0.1) is 0 Å². The quantitative estimate of drug-likeness (QED) is 0.939. The zero-order valence-electron chi connectivity index (χ0n) is 14.0. The molecule has 1 heterocycles. The Morgan fingerprint density at radius 3 is 2.62 bits per heavy atom. The molecule has 1 saturated carbocycles. The number of aromatic nitrogens is 2. The maximum Gasteiger partial charge on any atom is 0.222 e. The number of hydrogen-bond acceptors (Lipinski definition) is 3. The molecule has 1 aliphatic rings. The summed E-state index contributed by atoms with van der Waals surface area (Å²) in [4.78, 5) is 24.1. The Hall–Kier alpha value is -2.17. The molecule has 0 atom stereocenters. The van der Waals surface area contributed by atoms with Gasteiger partial charge in [0, 0.05) is 17.8 Å². The van der Waals surface area contributed by atoms with Gasteiger partial charge in [-0.15, -0.1) is 0 Å². The number of hydrogen-bond donors (Lipinski definition) is 1. The normalized spacial score (nSPS) is 16.5. The van der Waals surface area contributed by atoms with Gasteiger partial charge in [-0.3, -0.25) is 14.3 Å². The summed E-state index contributed by atoms with van der Waals surface area (Å²) in [5.74, 6) is 0.0742. The van der Waals surface area contributed by atoms with Gasteiger partial charge >= 0.3 is 0 Å². The lowest BCUT2D eigenvalue weighted by Crippen LogP contribution is -2.35. The minimum Gasteiger partial charge on any atom is -0.353 e. The van der Waals surface area contributed by atoms with Crippen LogP contribution in [0.3, 0.4) is 0 Å². The first-order chi connectivity index (χ1) is 11.7. The van der Waals surface area contributed by atoms with Crippen LogP contribution in [0.2, 0.25) is 0 Å². The van der Waals surface area contributed by atoms with Gasteiger partial charge in [0.25, 0.3) is 0 Å². The lowest BCUT2D eigenvalue weighted by atomic mass is 9.96. The predicted octanol–water partition coefficient (Wildman–Crippen LogP) is 3.02. The van der Waals surface area contributed by atoms with E-state index in [2.05, 4.69) is 10.4 Å². The number of para-hydroxylation sites is 1. The molecule has 3 rings (SSSR count). The van der Waals surface area contributed by atoms with Gasteiger partial charge in [0.1, 0.15) is 0 Å². The van der Waals surface area contributed by atoms with Crippen molar-refractivity contribution in [2.24, 2.45) is 0 Å². The van der Waals surface area contributed by atoms with Crippen LogP contribution in [-0.2, 0) is 11.3 Å². The van der Waals surface area contributed by atoms with Crippen LogP contribution in [0.25, 0.3) is 10.9 Å². The standard InChI is InChI=1S/C19H25N3O2/c23-18-14-20-22(17-11-7-6-10-16(17)18)13-12-19(24)21-15-8-4-2-1-3-5-9-15/h6-7,10-11,14-15H,1-5,8-9,12-13H2,(H,21,24). The lowest BCUT2D eigenvalue weighted by Gasteiger charge is -2.21. The van der Waals surface area contributed by atoms with Crippen LogP contribution in [0.5, 0.6) is 0 Å². The lowest BCUT2D eigenvalue weighted by molar-refractivity contribution is -0.122. The monoisotopic (exact) mass is 327 g/mol. The molecule has 1 aromatic heterocycles. The molecule has 1 amide bonds. The van der Waals surface area contributed by atoms with E-state index in [4.69, 9.17) is 0 Å². The Kier molecular flexibility index (Phi) is 5.62. The highest BCUT2D eigenvalue weighted by Gasteiger charge is 2.14. The second-order valence-electron chi connectivity index (χ2n) is 6.61. The number of rotatable bonds is 4. The Balaban J connectivity index is 1.60. The van der Waals surface area contributed by atoms with Gasteiger partial charge in [-0.1, -0.05) is 44.2 Å². The first-order valence-electron chi connectivity index (χ1n) is 8.98. The van der Waals surface area contributed by atoms with Crippen LogP contribution < -0.4 is 10.7 Å². The van der Waals surface area contributed by atoms with Crippen LogP contribution >= 0.6 is 0 Å². The molecule has 0 saturated heterocycles. The minimum atomic E-state index is -0.0826. The van der Waals surface area contributed by atoms with E-state index in [0.29, 0.717) is 24.4 Å². The summed E-state index contributed by atoms with van der Waals surface area (Å²) in [5, 5.41) is 8.00. The van der Waals surface area contributed by atoms with Crippen LogP contribution in [-0.4, -0.2) is 21.7 Å². The molecule has 1 aromatic carbocycles. The third-order valence-corrected chi connectivity index (χ3v) is 4.78. The highest BCUT2D eigenvalue weighted by Crippen LogP contribution is 2.17. The second kappa shape index (κ2) is 8.08. The zero-order chi connectivity index (χ0) is 16.8. The van der Waals surface area contributed by atoms with Gasteiger partial charge in [-0.25, -0.2) is 0 Å². The summed E-state index contributed by atoms with van der Waals surface area (Å²) in [6.45, 7) is 0.485. The first-order valence-corrected chi connectivity index (χ1v) is 8.98. The fraction of sp³-hybridized carbons (Fsp3) is 0.526. The predicted molar refractivity (Wildman–Crippen MR) is 94.9 cm³/mol. The van der Waals surface area contributed by atoms with Crippen LogP contribution in [0.1, 0.15) is 51.4 Å². The van der Waals surface area contributed by atoms with E-state index in [-0.39, 0.29) is 11.3 Å². The molecule has 5 nitrogen and oxygen atoms in total. The molecule has 0 unspecified atom stereocenters. The van der Waals surface area contributed by atoms with Crippen molar-refractivity contribution in [2.75, 3.05) is 0 Å². The molecule has 1 fully saturated rings. The summed E-state index contributed by atoms with van der Waals surface area (Å²) >= 11 is 0. The summed E-state index contributed by atoms with van der Waals surface area (Å²) in [6, 6.07) is 7.71. The molecule has 1 aliphatic carbocycles. The average Bonchev–Trinajstić information content (AvgIpc) is 2.57. The zero-order valence-corrected chi connectivity index (χ0v) is 14.0. The van der Waals surface area contributed by atoms with Crippen molar-refractivity contribution in [3.05, 3.63) is 40.7 Å². The van der Waals surface area contributed by atoms with Crippen molar-refractivity contribution in [1.29, 1.82) is 0 Å². The third-order valence-electron chi connectivity index (χ3n) is 4.78. The highest BCUT2D eigenvalue weighted by molar-refractivity contribution is 5.79. The van der Waals surface area contributed by atoms with Gasteiger partial charge < -0.3 is 5.32 Å². The van der Waals surface area contributed by atoms with E-state index < -0.39 is 0 Å². The first kappa shape index (κ1) is 16.7. The molecule has 0 bridgehead atoms. The molecule has 0 spiro atoms. The summed E-state index contributed by atoms with van der Waals surface area (Å²) in [5.41, 5.74) is 0.699. The summed E-state index contributed by atoms with van der Waals surface area (Å²) < 4.78 is 1.74.